The zero-order valence-corrected chi connectivity index (χ0v) is 15.0. The Bertz CT molecular complexity index is 980. The minimum Gasteiger partial charge on any atom is -0.478 e. The van der Waals surface area contributed by atoms with Crippen molar-refractivity contribution in [3.05, 3.63) is 77.1 Å². The molecule has 0 saturated heterocycles. The Morgan fingerprint density at radius 1 is 1.19 bits per heavy atom. The quantitative estimate of drug-likeness (QED) is 0.700. The molecule has 0 bridgehead atoms. The number of carboxylic acids is 1. The number of hydrogen-bond donors (Lipinski definition) is 2. The van der Waals surface area contributed by atoms with Gasteiger partial charge in [0, 0.05) is 19.2 Å². The Balaban J connectivity index is 1.79. The standard InChI is InChI=1S/C20H19N3O4/c1-13-8-9-14(17(10-13)27-15-6-4-3-5-7-15)11-21-19(24)18-16(20(25)26)12-22-23(18)2/h3-10,12H,11H2,1-2H3,(H,21,24)(H,25,26). The monoisotopic (exact) mass is 365 g/mol. The topological polar surface area (TPSA) is 93.5 Å². The van der Waals surface area contributed by atoms with E-state index in [0.29, 0.717) is 11.5 Å². The van der Waals surface area contributed by atoms with Crippen molar-refractivity contribution in [1.82, 2.24) is 15.1 Å². The molecule has 7 nitrogen and oxygen atoms in total. The van der Waals surface area contributed by atoms with E-state index < -0.39 is 11.9 Å². The fourth-order valence-electron chi connectivity index (χ4n) is 2.64. The summed E-state index contributed by atoms with van der Waals surface area (Å²) in [6.45, 7) is 2.14. The highest BCUT2D eigenvalue weighted by molar-refractivity contribution is 6.03. The maximum absolute atomic E-state index is 12.5. The molecule has 1 heterocycles. The summed E-state index contributed by atoms with van der Waals surface area (Å²) < 4.78 is 7.18. The minimum absolute atomic E-state index is 0.000129. The van der Waals surface area contributed by atoms with Gasteiger partial charge in [0.1, 0.15) is 22.8 Å². The van der Waals surface area contributed by atoms with Crippen molar-refractivity contribution < 1.29 is 19.4 Å². The van der Waals surface area contributed by atoms with E-state index in [-0.39, 0.29) is 17.8 Å². The van der Waals surface area contributed by atoms with Crippen molar-refractivity contribution in [3.63, 3.8) is 0 Å². The third kappa shape index (κ3) is 4.14. The van der Waals surface area contributed by atoms with Gasteiger partial charge < -0.3 is 15.2 Å². The molecule has 27 heavy (non-hydrogen) atoms. The number of benzene rings is 2. The predicted molar refractivity (Wildman–Crippen MR) is 99.0 cm³/mol. The molecule has 0 fully saturated rings. The summed E-state index contributed by atoms with van der Waals surface area (Å²) >= 11 is 0. The average Bonchev–Trinajstić information content (AvgIpc) is 3.03. The Labute approximate surface area is 156 Å². The van der Waals surface area contributed by atoms with Crippen LogP contribution in [0.25, 0.3) is 0 Å². The molecule has 2 N–H and O–H groups in total. The molecule has 7 heteroatoms. The number of aryl methyl sites for hydroxylation is 2. The second-order valence-electron chi connectivity index (χ2n) is 6.04. The summed E-state index contributed by atoms with van der Waals surface area (Å²) in [4.78, 5) is 23.7. The highest BCUT2D eigenvalue weighted by Crippen LogP contribution is 2.26. The van der Waals surface area contributed by atoms with E-state index in [2.05, 4.69) is 10.4 Å². The largest absolute Gasteiger partial charge is 0.478 e. The molecule has 1 aromatic heterocycles. The lowest BCUT2D eigenvalue weighted by Crippen LogP contribution is -2.27. The van der Waals surface area contributed by atoms with Gasteiger partial charge in [-0.05, 0) is 30.7 Å². The minimum atomic E-state index is -1.20. The number of aromatic carboxylic acids is 1. The molecule has 0 aliphatic carbocycles. The molecule has 0 spiro atoms. The van der Waals surface area contributed by atoms with Crippen LogP contribution in [0.1, 0.15) is 32.0 Å². The molecule has 1 amide bonds. The SMILES string of the molecule is Cc1ccc(CNC(=O)c2c(C(=O)O)cnn2C)c(Oc2ccccc2)c1. The molecule has 0 saturated carbocycles. The number of carbonyl (C=O) groups excluding carboxylic acids is 1. The lowest BCUT2D eigenvalue weighted by molar-refractivity contribution is 0.0690. The Kier molecular flexibility index (Phi) is 5.21. The lowest BCUT2D eigenvalue weighted by Gasteiger charge is -2.13. The molecule has 2 aromatic carbocycles. The van der Waals surface area contributed by atoms with Crippen LogP contribution in [-0.2, 0) is 13.6 Å². The molecule has 0 radical (unpaired) electrons. The van der Waals surface area contributed by atoms with Gasteiger partial charge in [0.25, 0.3) is 5.91 Å². The van der Waals surface area contributed by atoms with Crippen LogP contribution >= 0.6 is 0 Å². The number of carboxylic acid groups (broad SMARTS) is 1. The Morgan fingerprint density at radius 2 is 1.93 bits per heavy atom. The van der Waals surface area contributed by atoms with Crippen LogP contribution in [-0.4, -0.2) is 26.8 Å². The summed E-state index contributed by atoms with van der Waals surface area (Å²) in [7, 11) is 1.52. The molecule has 3 aromatic rings. The van der Waals surface area contributed by atoms with Crippen LogP contribution < -0.4 is 10.1 Å². The molecule has 0 aliphatic rings. The maximum atomic E-state index is 12.5. The molecule has 3 rings (SSSR count). The van der Waals surface area contributed by atoms with Crippen LogP contribution in [0.4, 0.5) is 0 Å². The van der Waals surface area contributed by atoms with E-state index in [1.807, 2.05) is 55.5 Å². The number of rotatable bonds is 6. The first kappa shape index (κ1) is 18.2. The summed E-state index contributed by atoms with van der Waals surface area (Å²) in [5.74, 6) is -0.393. The van der Waals surface area contributed by atoms with E-state index >= 15 is 0 Å². The fourth-order valence-corrected chi connectivity index (χ4v) is 2.64. The number of nitrogens with one attached hydrogen (secondary N) is 1. The van der Waals surface area contributed by atoms with Gasteiger partial charge in [0.05, 0.1) is 6.20 Å². The van der Waals surface area contributed by atoms with Crippen molar-refractivity contribution in [1.29, 1.82) is 0 Å². The van der Waals surface area contributed by atoms with Crippen molar-refractivity contribution in [2.45, 2.75) is 13.5 Å². The second kappa shape index (κ2) is 7.74. The van der Waals surface area contributed by atoms with Crippen LogP contribution in [0.3, 0.4) is 0 Å². The summed E-state index contributed by atoms with van der Waals surface area (Å²) in [5.41, 5.74) is 1.66. The molecule has 0 atom stereocenters. The summed E-state index contributed by atoms with van der Waals surface area (Å²) in [5, 5.41) is 15.8. The van der Waals surface area contributed by atoms with E-state index in [4.69, 9.17) is 4.74 Å². The predicted octanol–water partition coefficient (Wildman–Crippen LogP) is 3.15. The number of aromatic nitrogens is 2. The van der Waals surface area contributed by atoms with Gasteiger partial charge in [0.15, 0.2) is 0 Å². The van der Waals surface area contributed by atoms with Crippen LogP contribution in [0, 0.1) is 6.92 Å². The third-order valence-corrected chi connectivity index (χ3v) is 4.02. The van der Waals surface area contributed by atoms with E-state index in [9.17, 15) is 14.7 Å². The van der Waals surface area contributed by atoms with Gasteiger partial charge in [-0.1, -0.05) is 30.3 Å². The first-order chi connectivity index (χ1) is 13.0. The number of hydrogen-bond acceptors (Lipinski definition) is 4. The maximum Gasteiger partial charge on any atom is 0.339 e. The summed E-state index contributed by atoms with van der Waals surface area (Å²) in [6.07, 6.45) is 1.16. The normalized spacial score (nSPS) is 10.4. The van der Waals surface area contributed by atoms with Gasteiger partial charge in [-0.2, -0.15) is 5.10 Å². The highest BCUT2D eigenvalue weighted by atomic mass is 16.5. The molecule has 138 valence electrons. The van der Waals surface area contributed by atoms with Crippen molar-refractivity contribution >= 4 is 11.9 Å². The van der Waals surface area contributed by atoms with E-state index in [0.717, 1.165) is 17.3 Å². The number of ether oxygens (including phenoxy) is 1. The second-order valence-corrected chi connectivity index (χ2v) is 6.04. The Hall–Kier alpha value is -3.61. The number of nitrogens with zero attached hydrogens (tertiary/aromatic N) is 2. The van der Waals surface area contributed by atoms with Crippen LogP contribution in [0.2, 0.25) is 0 Å². The zero-order valence-electron chi connectivity index (χ0n) is 15.0. The zero-order chi connectivity index (χ0) is 19.4. The van der Waals surface area contributed by atoms with Gasteiger partial charge >= 0.3 is 5.97 Å². The Morgan fingerprint density at radius 3 is 2.63 bits per heavy atom. The van der Waals surface area contributed by atoms with E-state index in [1.54, 1.807) is 0 Å². The number of carbonyl (C=O) groups is 2. The highest BCUT2D eigenvalue weighted by Gasteiger charge is 2.21. The summed E-state index contributed by atoms with van der Waals surface area (Å²) in [6, 6.07) is 15.0. The molecular weight excluding hydrogens is 346 g/mol. The molecule has 0 unspecified atom stereocenters. The van der Waals surface area contributed by atoms with Gasteiger partial charge in [-0.15, -0.1) is 0 Å². The van der Waals surface area contributed by atoms with Gasteiger partial charge in [-0.3, -0.25) is 9.48 Å². The smallest absolute Gasteiger partial charge is 0.339 e. The van der Waals surface area contributed by atoms with Crippen LogP contribution in [0.5, 0.6) is 11.5 Å². The van der Waals surface area contributed by atoms with Crippen LogP contribution in [0.15, 0.2) is 54.7 Å². The number of amides is 1. The third-order valence-electron chi connectivity index (χ3n) is 4.02. The fraction of sp³-hybridized carbons (Fsp3) is 0.150. The molecular formula is C20H19N3O4. The van der Waals surface area contributed by atoms with Gasteiger partial charge in [-0.25, -0.2) is 4.79 Å². The van der Waals surface area contributed by atoms with Gasteiger partial charge in [0.2, 0.25) is 0 Å². The first-order valence-corrected chi connectivity index (χ1v) is 8.31. The van der Waals surface area contributed by atoms with Crippen molar-refractivity contribution in [3.8, 4) is 11.5 Å². The average molecular weight is 365 g/mol. The van der Waals surface area contributed by atoms with Crippen molar-refractivity contribution in [2.75, 3.05) is 0 Å². The van der Waals surface area contributed by atoms with E-state index in [1.165, 1.54) is 11.7 Å². The number of para-hydroxylation sites is 1. The molecule has 0 aliphatic heterocycles. The first-order valence-electron chi connectivity index (χ1n) is 8.31. The van der Waals surface area contributed by atoms with Crippen molar-refractivity contribution in [2.24, 2.45) is 7.05 Å². The lowest BCUT2D eigenvalue weighted by atomic mass is 10.1.